The highest BCUT2D eigenvalue weighted by molar-refractivity contribution is 6.23. The predicted octanol–water partition coefficient (Wildman–Crippen LogP) is 16.8. The van der Waals surface area contributed by atoms with Crippen LogP contribution in [-0.2, 0) is 12.8 Å². The van der Waals surface area contributed by atoms with E-state index >= 15 is 0 Å². The van der Waals surface area contributed by atoms with Crippen LogP contribution in [-0.4, -0.2) is 5.11 Å². The van der Waals surface area contributed by atoms with E-state index in [9.17, 15) is 5.11 Å². The topological polar surface area (TPSA) is 20.2 Å². The van der Waals surface area contributed by atoms with Gasteiger partial charge >= 0.3 is 0 Å². The Morgan fingerprint density at radius 2 is 0.803 bits per heavy atom. The zero-order valence-electron chi connectivity index (χ0n) is 36.6. The number of para-hydroxylation sites is 1. The molecule has 61 heavy (non-hydrogen) atoms. The summed E-state index contributed by atoms with van der Waals surface area (Å²) in [6, 6.07) is 66.0. The summed E-state index contributed by atoms with van der Waals surface area (Å²) < 4.78 is 0. The maximum absolute atomic E-state index is 9.28. The van der Waals surface area contributed by atoms with Crippen LogP contribution in [0.5, 0.6) is 5.75 Å². The van der Waals surface area contributed by atoms with Gasteiger partial charge in [0.05, 0.1) is 0 Å². The van der Waals surface area contributed by atoms with Gasteiger partial charge < -0.3 is 5.11 Å². The Balaban J connectivity index is 0.000000124. The molecule has 1 heteroatoms. The summed E-state index contributed by atoms with van der Waals surface area (Å²) in [6.07, 6.45) is 6.73. The van der Waals surface area contributed by atoms with Gasteiger partial charge in [-0.25, -0.2) is 0 Å². The minimum Gasteiger partial charge on any atom is -0.508 e. The summed E-state index contributed by atoms with van der Waals surface area (Å²) in [7, 11) is 0. The Morgan fingerprint density at radius 1 is 0.377 bits per heavy atom. The summed E-state index contributed by atoms with van der Waals surface area (Å²) in [5.74, 6) is 1.36. The van der Waals surface area contributed by atoms with Crippen molar-refractivity contribution in [2.45, 2.75) is 66.2 Å². The van der Waals surface area contributed by atoms with E-state index in [0.29, 0.717) is 17.6 Å². The number of phenolic OH excluding ortho intramolecular Hbond substituents is 1. The number of phenols is 1. The quantitative estimate of drug-likeness (QED) is 0.176. The molecule has 304 valence electrons. The summed E-state index contributed by atoms with van der Waals surface area (Å²) >= 11 is 0. The Bertz CT molecular complexity index is 2760. The van der Waals surface area contributed by atoms with Crippen LogP contribution >= 0.6 is 0 Å². The van der Waals surface area contributed by atoms with Gasteiger partial charge in [0.2, 0.25) is 0 Å². The second-order valence-electron chi connectivity index (χ2n) is 16.2. The molecule has 0 amide bonds. The second kappa shape index (κ2) is 20.0. The molecule has 0 bridgehead atoms. The minimum atomic E-state index is 0.400. The maximum atomic E-state index is 9.28. The van der Waals surface area contributed by atoms with Gasteiger partial charge in [0.15, 0.2) is 0 Å². The Kier molecular flexibility index (Phi) is 13.9. The molecule has 0 aromatic heterocycles. The third-order valence-corrected chi connectivity index (χ3v) is 11.6. The second-order valence-corrected chi connectivity index (χ2v) is 16.2. The normalized spacial score (nSPS) is 12.2. The molecular formula is C60H58O. The summed E-state index contributed by atoms with van der Waals surface area (Å²) in [4.78, 5) is 0. The van der Waals surface area contributed by atoms with Crippen molar-refractivity contribution in [2.75, 3.05) is 0 Å². The third kappa shape index (κ3) is 9.86. The highest BCUT2D eigenvalue weighted by Gasteiger charge is 2.14. The number of hydrogen-bond acceptors (Lipinski definition) is 1. The SMILES string of the molecule is C1=C(c2ccccc2)Cc2ccccc21.C1=C(c2ccccc2)Cc2ccccc21.CC.CC(C)c1ccc2ccc3cccc4ccc1c2c34.CC(C)c1ccccc1O. The van der Waals surface area contributed by atoms with Crippen LogP contribution in [0.2, 0.25) is 0 Å². The van der Waals surface area contributed by atoms with Crippen LogP contribution in [0, 0.1) is 0 Å². The smallest absolute Gasteiger partial charge is 0.119 e. The van der Waals surface area contributed by atoms with E-state index in [1.807, 2.05) is 32.0 Å². The number of fused-ring (bicyclic) bond motifs is 2. The zero-order chi connectivity index (χ0) is 42.7. The molecule has 0 unspecified atom stereocenters. The van der Waals surface area contributed by atoms with Crippen molar-refractivity contribution in [1.29, 1.82) is 0 Å². The molecule has 1 N–H and O–H groups in total. The first-order valence-corrected chi connectivity index (χ1v) is 22.0. The van der Waals surface area contributed by atoms with Crippen molar-refractivity contribution in [3.63, 3.8) is 0 Å². The van der Waals surface area contributed by atoms with Gasteiger partial charge in [0.25, 0.3) is 0 Å². The molecular weight excluding hydrogens is 737 g/mol. The largest absolute Gasteiger partial charge is 0.508 e. The molecule has 0 heterocycles. The van der Waals surface area contributed by atoms with E-state index < -0.39 is 0 Å². The van der Waals surface area contributed by atoms with E-state index in [-0.39, 0.29) is 0 Å². The molecule has 0 saturated carbocycles. The van der Waals surface area contributed by atoms with E-state index in [1.165, 1.54) is 82.4 Å². The van der Waals surface area contributed by atoms with Gasteiger partial charge in [-0.3, -0.25) is 0 Å². The lowest BCUT2D eigenvalue weighted by molar-refractivity contribution is 0.465. The summed E-state index contributed by atoms with van der Waals surface area (Å²) in [5, 5.41) is 17.6. The fourth-order valence-electron chi connectivity index (χ4n) is 8.47. The monoisotopic (exact) mass is 794 g/mol. The van der Waals surface area contributed by atoms with Gasteiger partial charge in [0.1, 0.15) is 5.75 Å². The first-order valence-electron chi connectivity index (χ1n) is 22.0. The fourth-order valence-corrected chi connectivity index (χ4v) is 8.47. The number of hydrogen-bond donors (Lipinski definition) is 1. The van der Waals surface area contributed by atoms with E-state index in [2.05, 4.69) is 204 Å². The van der Waals surface area contributed by atoms with Crippen molar-refractivity contribution >= 4 is 55.6 Å². The molecule has 1 nitrogen and oxygen atoms in total. The molecule has 0 radical (unpaired) electrons. The Labute approximate surface area is 363 Å². The Hall–Kier alpha value is -6.70. The fraction of sp³-hybridized carbons (Fsp3) is 0.167. The van der Waals surface area contributed by atoms with Gasteiger partial charge in [-0.1, -0.05) is 236 Å². The van der Waals surface area contributed by atoms with Crippen LogP contribution in [0.4, 0.5) is 0 Å². The van der Waals surface area contributed by atoms with Gasteiger partial charge in [-0.2, -0.15) is 0 Å². The van der Waals surface area contributed by atoms with Crippen molar-refractivity contribution < 1.29 is 5.11 Å². The van der Waals surface area contributed by atoms with Crippen LogP contribution in [0.25, 0.3) is 55.6 Å². The van der Waals surface area contributed by atoms with Crippen LogP contribution < -0.4 is 0 Å². The highest BCUT2D eigenvalue weighted by atomic mass is 16.3. The van der Waals surface area contributed by atoms with Gasteiger partial charge in [0, 0.05) is 0 Å². The highest BCUT2D eigenvalue weighted by Crippen LogP contribution is 2.38. The zero-order valence-corrected chi connectivity index (χ0v) is 36.6. The Morgan fingerprint density at radius 3 is 1.28 bits per heavy atom. The van der Waals surface area contributed by atoms with Crippen LogP contribution in [0.3, 0.4) is 0 Å². The lowest BCUT2D eigenvalue weighted by atomic mass is 9.89. The molecule has 9 aromatic carbocycles. The molecule has 2 aliphatic carbocycles. The molecule has 0 saturated heterocycles. The number of benzene rings is 9. The van der Waals surface area contributed by atoms with Crippen molar-refractivity contribution in [1.82, 2.24) is 0 Å². The molecule has 0 aliphatic heterocycles. The average molecular weight is 795 g/mol. The standard InChI is InChI=1S/C19H16.2C15H12.C9H12O.C2H6/c1-12(2)16-10-8-15-7-6-13-4-3-5-14-9-11-17(16)19(15)18(13)14;2*1-2-6-12(7-3-1)15-10-13-8-4-5-9-14(13)11-15;1-7(2)8-5-3-4-6-9(8)10;1-2/h3-12H,1-2H3;2*1-10H,11H2;3-7,10H,1-2H3;1-2H3. The number of aromatic hydroxyl groups is 1. The first kappa shape index (κ1) is 42.4. The molecule has 9 aromatic rings. The van der Waals surface area contributed by atoms with Crippen molar-refractivity contribution in [3.8, 4) is 5.75 Å². The molecule has 0 spiro atoms. The van der Waals surface area contributed by atoms with E-state index in [4.69, 9.17) is 0 Å². The molecule has 0 fully saturated rings. The number of rotatable bonds is 4. The lowest BCUT2D eigenvalue weighted by Crippen LogP contribution is -1.91. The summed E-state index contributed by atoms with van der Waals surface area (Å²) in [5.41, 5.74) is 13.6. The van der Waals surface area contributed by atoms with Crippen molar-refractivity contribution in [2.24, 2.45) is 0 Å². The van der Waals surface area contributed by atoms with Crippen molar-refractivity contribution in [3.05, 3.63) is 233 Å². The number of allylic oxidation sites excluding steroid dienone is 2. The predicted molar refractivity (Wildman–Crippen MR) is 267 cm³/mol. The van der Waals surface area contributed by atoms with E-state index in [0.717, 1.165) is 18.4 Å². The first-order chi connectivity index (χ1) is 29.8. The van der Waals surface area contributed by atoms with Crippen LogP contribution in [0.15, 0.2) is 188 Å². The summed E-state index contributed by atoms with van der Waals surface area (Å²) in [6.45, 7) is 12.7. The molecule has 2 aliphatic rings. The molecule has 0 atom stereocenters. The third-order valence-electron chi connectivity index (χ3n) is 11.6. The van der Waals surface area contributed by atoms with Crippen LogP contribution in [0.1, 0.15) is 97.9 Å². The van der Waals surface area contributed by atoms with E-state index in [1.54, 1.807) is 6.07 Å². The van der Waals surface area contributed by atoms with Gasteiger partial charge in [-0.05, 0) is 119 Å². The van der Waals surface area contributed by atoms with Gasteiger partial charge in [-0.15, -0.1) is 0 Å². The molecule has 11 rings (SSSR count). The lowest BCUT2D eigenvalue weighted by Gasteiger charge is -2.15. The maximum Gasteiger partial charge on any atom is 0.119 e. The average Bonchev–Trinajstić information content (AvgIpc) is 3.96. The minimum absolute atomic E-state index is 0.400.